The van der Waals surface area contributed by atoms with Gasteiger partial charge in [0.25, 0.3) is 5.91 Å². The molecule has 1 aliphatic heterocycles. The maximum Gasteiger partial charge on any atom is 0.325 e. The number of nitrogens with zero attached hydrogens (tertiary/aromatic N) is 1. The van der Waals surface area contributed by atoms with Gasteiger partial charge in [-0.2, -0.15) is 0 Å². The molecule has 1 fully saturated rings. The average Bonchev–Trinajstić information content (AvgIpc) is 2.93. The van der Waals surface area contributed by atoms with Crippen LogP contribution >= 0.6 is 11.6 Å². The van der Waals surface area contributed by atoms with Gasteiger partial charge in [0.05, 0.1) is 6.04 Å². The molecule has 0 spiro atoms. The Balaban J connectivity index is 1.74. The maximum absolute atomic E-state index is 12.7. The zero-order chi connectivity index (χ0) is 21.0. The van der Waals surface area contributed by atoms with E-state index < -0.39 is 17.5 Å². The first-order valence-corrected chi connectivity index (χ1v) is 9.93. The van der Waals surface area contributed by atoms with Crippen LogP contribution in [0.15, 0.2) is 54.6 Å². The molecule has 7 heteroatoms. The average molecular weight is 414 g/mol. The standard InChI is InChI=1S/C22H24ClN3O3/c1-3-22(2)20(28)26(21(29)25-22)14-19(27)24-18(16-7-5-4-6-8-16)13-15-9-11-17(23)12-10-15/h4-12,18H,3,13-14H2,1-2H3,(H,24,27)(H,25,29). The summed E-state index contributed by atoms with van der Waals surface area (Å²) in [5.74, 6) is -0.772. The molecule has 0 saturated carbocycles. The lowest BCUT2D eigenvalue weighted by Gasteiger charge is -2.22. The van der Waals surface area contributed by atoms with Crippen LogP contribution in [-0.2, 0) is 16.0 Å². The summed E-state index contributed by atoms with van der Waals surface area (Å²) in [6.45, 7) is 3.17. The second-order valence-electron chi connectivity index (χ2n) is 7.37. The van der Waals surface area contributed by atoms with Crippen molar-refractivity contribution in [2.45, 2.75) is 38.3 Å². The minimum Gasteiger partial charge on any atom is -0.347 e. The van der Waals surface area contributed by atoms with Gasteiger partial charge in [-0.1, -0.05) is 61.0 Å². The quantitative estimate of drug-likeness (QED) is 0.682. The van der Waals surface area contributed by atoms with Crippen LogP contribution in [0, 0.1) is 0 Å². The van der Waals surface area contributed by atoms with Crippen molar-refractivity contribution in [2.24, 2.45) is 0 Å². The normalized spacial score (nSPS) is 19.8. The highest BCUT2D eigenvalue weighted by molar-refractivity contribution is 6.30. The fraction of sp³-hybridized carbons (Fsp3) is 0.318. The van der Waals surface area contributed by atoms with E-state index in [9.17, 15) is 14.4 Å². The third-order valence-electron chi connectivity index (χ3n) is 5.24. The molecule has 1 heterocycles. The zero-order valence-corrected chi connectivity index (χ0v) is 17.2. The van der Waals surface area contributed by atoms with Gasteiger partial charge in [-0.3, -0.25) is 14.5 Å². The molecule has 0 aromatic heterocycles. The van der Waals surface area contributed by atoms with Crippen LogP contribution < -0.4 is 10.6 Å². The van der Waals surface area contributed by atoms with E-state index in [1.165, 1.54) is 0 Å². The lowest BCUT2D eigenvalue weighted by atomic mass is 9.98. The molecule has 4 amide bonds. The minimum atomic E-state index is -0.959. The number of nitrogens with one attached hydrogen (secondary N) is 2. The smallest absolute Gasteiger partial charge is 0.325 e. The van der Waals surface area contributed by atoms with E-state index >= 15 is 0 Å². The molecular weight excluding hydrogens is 390 g/mol. The molecule has 152 valence electrons. The Morgan fingerprint density at radius 2 is 1.79 bits per heavy atom. The van der Waals surface area contributed by atoms with Crippen molar-refractivity contribution in [3.8, 4) is 0 Å². The maximum atomic E-state index is 12.7. The molecular formula is C22H24ClN3O3. The summed E-state index contributed by atoms with van der Waals surface area (Å²) in [6.07, 6.45) is 1.01. The summed E-state index contributed by atoms with van der Waals surface area (Å²) >= 11 is 5.96. The number of carbonyl (C=O) groups is 3. The van der Waals surface area contributed by atoms with Crippen LogP contribution in [0.4, 0.5) is 4.79 Å². The Labute approximate surface area is 175 Å². The molecule has 1 saturated heterocycles. The Bertz CT molecular complexity index is 901. The number of urea groups is 1. The molecule has 0 radical (unpaired) electrons. The first-order chi connectivity index (χ1) is 13.8. The molecule has 1 aliphatic rings. The number of amides is 4. The second-order valence-corrected chi connectivity index (χ2v) is 7.80. The summed E-state index contributed by atoms with van der Waals surface area (Å²) in [5.41, 5.74) is 0.989. The fourth-order valence-electron chi connectivity index (χ4n) is 3.31. The predicted octanol–water partition coefficient (Wildman–Crippen LogP) is 3.46. The third kappa shape index (κ3) is 4.77. The zero-order valence-electron chi connectivity index (χ0n) is 16.4. The molecule has 3 rings (SSSR count). The van der Waals surface area contributed by atoms with Gasteiger partial charge >= 0.3 is 6.03 Å². The number of benzene rings is 2. The highest BCUT2D eigenvalue weighted by Gasteiger charge is 2.47. The van der Waals surface area contributed by atoms with Gasteiger partial charge < -0.3 is 10.6 Å². The minimum absolute atomic E-state index is 0.303. The number of rotatable bonds is 7. The summed E-state index contributed by atoms with van der Waals surface area (Å²) in [5, 5.41) is 6.27. The van der Waals surface area contributed by atoms with Gasteiger partial charge in [-0.25, -0.2) is 4.79 Å². The monoisotopic (exact) mass is 413 g/mol. The lowest BCUT2D eigenvalue weighted by Crippen LogP contribution is -2.45. The lowest BCUT2D eigenvalue weighted by molar-refractivity contribution is -0.134. The SMILES string of the molecule is CCC1(C)NC(=O)N(CC(=O)NC(Cc2ccc(Cl)cc2)c2ccccc2)C1=O. The van der Waals surface area contributed by atoms with E-state index in [2.05, 4.69) is 10.6 Å². The van der Waals surface area contributed by atoms with Crippen LogP contribution in [-0.4, -0.2) is 34.8 Å². The van der Waals surface area contributed by atoms with Crippen molar-refractivity contribution >= 4 is 29.4 Å². The number of hydrogen-bond donors (Lipinski definition) is 2. The van der Waals surface area contributed by atoms with Crippen molar-refractivity contribution in [1.82, 2.24) is 15.5 Å². The van der Waals surface area contributed by atoms with E-state index in [0.717, 1.165) is 16.0 Å². The second kappa shape index (κ2) is 8.66. The van der Waals surface area contributed by atoms with Gasteiger partial charge in [0.15, 0.2) is 0 Å². The number of imide groups is 1. The highest BCUT2D eigenvalue weighted by atomic mass is 35.5. The molecule has 2 atom stereocenters. The van der Waals surface area contributed by atoms with E-state index in [-0.39, 0.29) is 18.5 Å². The van der Waals surface area contributed by atoms with Gasteiger partial charge in [-0.15, -0.1) is 0 Å². The van der Waals surface area contributed by atoms with E-state index in [0.29, 0.717) is 17.9 Å². The Hall–Kier alpha value is -2.86. The van der Waals surface area contributed by atoms with Gasteiger partial charge in [0.1, 0.15) is 12.1 Å². The molecule has 6 nitrogen and oxygen atoms in total. The molecule has 2 aromatic carbocycles. The summed E-state index contributed by atoms with van der Waals surface area (Å²) in [6, 6.07) is 16.2. The van der Waals surface area contributed by atoms with Gasteiger partial charge in [-0.05, 0) is 43.0 Å². The first kappa shape index (κ1) is 20.9. The van der Waals surface area contributed by atoms with Gasteiger partial charge in [0.2, 0.25) is 5.91 Å². The van der Waals surface area contributed by atoms with Crippen molar-refractivity contribution in [2.75, 3.05) is 6.54 Å². The topological polar surface area (TPSA) is 78.5 Å². The molecule has 2 N–H and O–H groups in total. The van der Waals surface area contributed by atoms with E-state index in [1.54, 1.807) is 19.1 Å². The van der Waals surface area contributed by atoms with Crippen LogP contribution in [0.2, 0.25) is 5.02 Å². The van der Waals surface area contributed by atoms with E-state index in [1.807, 2.05) is 49.4 Å². The van der Waals surface area contributed by atoms with Crippen LogP contribution in [0.1, 0.15) is 37.4 Å². The van der Waals surface area contributed by atoms with Crippen molar-refractivity contribution in [3.63, 3.8) is 0 Å². The molecule has 0 bridgehead atoms. The van der Waals surface area contributed by atoms with Crippen LogP contribution in [0.3, 0.4) is 0 Å². The van der Waals surface area contributed by atoms with Crippen LogP contribution in [0.5, 0.6) is 0 Å². The molecule has 0 aliphatic carbocycles. The number of carbonyl (C=O) groups excluding carboxylic acids is 3. The Morgan fingerprint density at radius 1 is 1.14 bits per heavy atom. The Kier molecular flexibility index (Phi) is 6.23. The highest BCUT2D eigenvalue weighted by Crippen LogP contribution is 2.22. The summed E-state index contributed by atoms with van der Waals surface area (Å²) < 4.78 is 0. The van der Waals surface area contributed by atoms with E-state index in [4.69, 9.17) is 11.6 Å². The van der Waals surface area contributed by atoms with Gasteiger partial charge in [0, 0.05) is 5.02 Å². The van der Waals surface area contributed by atoms with Crippen molar-refractivity contribution in [1.29, 1.82) is 0 Å². The molecule has 2 aromatic rings. The predicted molar refractivity (Wildman–Crippen MR) is 111 cm³/mol. The third-order valence-corrected chi connectivity index (χ3v) is 5.50. The Morgan fingerprint density at radius 3 is 2.38 bits per heavy atom. The number of halogens is 1. The summed E-state index contributed by atoms with van der Waals surface area (Å²) in [4.78, 5) is 38.4. The van der Waals surface area contributed by atoms with Crippen molar-refractivity contribution in [3.05, 3.63) is 70.7 Å². The summed E-state index contributed by atoms with van der Waals surface area (Å²) in [7, 11) is 0. The number of hydrogen-bond acceptors (Lipinski definition) is 3. The van der Waals surface area contributed by atoms with Crippen LogP contribution in [0.25, 0.3) is 0 Å². The fourth-order valence-corrected chi connectivity index (χ4v) is 3.43. The molecule has 2 unspecified atom stereocenters. The largest absolute Gasteiger partial charge is 0.347 e. The van der Waals surface area contributed by atoms with Crippen molar-refractivity contribution < 1.29 is 14.4 Å². The first-order valence-electron chi connectivity index (χ1n) is 9.55. The molecule has 29 heavy (non-hydrogen) atoms.